The summed E-state index contributed by atoms with van der Waals surface area (Å²) >= 11 is 6.59. The predicted octanol–water partition coefficient (Wildman–Crippen LogP) is 3.62. The number of sulfone groups is 1. The van der Waals surface area contributed by atoms with E-state index in [2.05, 4.69) is 31.9 Å². The van der Waals surface area contributed by atoms with Crippen molar-refractivity contribution >= 4 is 48.0 Å². The zero-order valence-electron chi connectivity index (χ0n) is 11.4. The number of aldehydes is 1. The van der Waals surface area contributed by atoms with E-state index < -0.39 is 14.6 Å². The molecular weight excluding hydrogens is 412 g/mol. The third kappa shape index (κ3) is 4.30. The van der Waals surface area contributed by atoms with Gasteiger partial charge < -0.3 is 4.74 Å². The van der Waals surface area contributed by atoms with Gasteiger partial charge >= 0.3 is 0 Å². The van der Waals surface area contributed by atoms with E-state index in [0.29, 0.717) is 20.3 Å². The first-order valence-electron chi connectivity index (χ1n) is 5.88. The first kappa shape index (κ1) is 17.7. The zero-order chi connectivity index (χ0) is 15.6. The molecule has 0 atom stereocenters. The lowest BCUT2D eigenvalue weighted by molar-refractivity contribution is 0.112. The molecule has 0 saturated heterocycles. The molecule has 112 valence electrons. The van der Waals surface area contributed by atoms with Crippen LogP contribution in [0.15, 0.2) is 21.1 Å². The first-order chi connectivity index (χ1) is 9.08. The Hall–Kier alpha value is -0.400. The van der Waals surface area contributed by atoms with Crippen molar-refractivity contribution in [2.75, 3.05) is 12.4 Å². The zero-order valence-corrected chi connectivity index (χ0v) is 15.4. The summed E-state index contributed by atoms with van der Waals surface area (Å²) in [6, 6.07) is 3.23. The standard InChI is InChI=1S/C13H16Br2O4S/c1-13(2,3)20(17,18)5-4-19-12-10(14)6-9(8-16)7-11(12)15/h6-8H,4-5H2,1-3H3. The number of ether oxygens (including phenoxy) is 1. The molecule has 0 aromatic heterocycles. The van der Waals surface area contributed by atoms with E-state index >= 15 is 0 Å². The van der Waals surface area contributed by atoms with Crippen LogP contribution in [0.25, 0.3) is 0 Å². The lowest BCUT2D eigenvalue weighted by Gasteiger charge is -2.19. The average Bonchev–Trinajstić information content (AvgIpc) is 2.30. The van der Waals surface area contributed by atoms with Crippen LogP contribution in [0.3, 0.4) is 0 Å². The molecule has 7 heteroatoms. The fraction of sp³-hybridized carbons (Fsp3) is 0.462. The second kappa shape index (κ2) is 6.58. The second-order valence-electron chi connectivity index (χ2n) is 5.21. The Kier molecular flexibility index (Phi) is 5.80. The van der Waals surface area contributed by atoms with E-state index in [-0.39, 0.29) is 12.4 Å². The number of carbonyl (C=O) groups excluding carboxylic acids is 1. The van der Waals surface area contributed by atoms with Gasteiger partial charge in [0.1, 0.15) is 18.6 Å². The third-order valence-electron chi connectivity index (χ3n) is 2.69. The number of benzene rings is 1. The largest absolute Gasteiger partial charge is 0.490 e. The highest BCUT2D eigenvalue weighted by molar-refractivity contribution is 9.11. The topological polar surface area (TPSA) is 60.4 Å². The molecule has 0 aliphatic heterocycles. The highest BCUT2D eigenvalue weighted by atomic mass is 79.9. The van der Waals surface area contributed by atoms with Crippen molar-refractivity contribution < 1.29 is 17.9 Å². The Labute approximate surface area is 136 Å². The van der Waals surface area contributed by atoms with Gasteiger partial charge in [0, 0.05) is 5.56 Å². The van der Waals surface area contributed by atoms with Gasteiger partial charge in [-0.2, -0.15) is 0 Å². The van der Waals surface area contributed by atoms with Crippen LogP contribution in [-0.2, 0) is 9.84 Å². The van der Waals surface area contributed by atoms with Gasteiger partial charge in [0.05, 0.1) is 19.4 Å². The van der Waals surface area contributed by atoms with E-state index in [1.54, 1.807) is 32.9 Å². The lowest BCUT2D eigenvalue weighted by Crippen LogP contribution is -2.32. The number of halogens is 2. The maximum Gasteiger partial charge on any atom is 0.158 e. The van der Waals surface area contributed by atoms with Gasteiger partial charge in [-0.25, -0.2) is 8.42 Å². The fourth-order valence-corrected chi connectivity index (χ4v) is 3.71. The molecule has 0 radical (unpaired) electrons. The second-order valence-corrected chi connectivity index (χ2v) is 9.78. The first-order valence-corrected chi connectivity index (χ1v) is 9.11. The summed E-state index contributed by atoms with van der Waals surface area (Å²) in [6.45, 7) is 5.03. The van der Waals surface area contributed by atoms with E-state index in [0.717, 1.165) is 6.29 Å². The maximum atomic E-state index is 12.0. The van der Waals surface area contributed by atoms with Crippen LogP contribution in [0.1, 0.15) is 31.1 Å². The van der Waals surface area contributed by atoms with E-state index in [1.807, 2.05) is 0 Å². The van der Waals surface area contributed by atoms with Gasteiger partial charge in [-0.1, -0.05) is 0 Å². The highest BCUT2D eigenvalue weighted by Crippen LogP contribution is 2.34. The summed E-state index contributed by atoms with van der Waals surface area (Å²) in [6.07, 6.45) is 0.726. The predicted molar refractivity (Wildman–Crippen MR) is 86.3 cm³/mol. The van der Waals surface area contributed by atoms with Crippen molar-refractivity contribution in [3.05, 3.63) is 26.6 Å². The lowest BCUT2D eigenvalue weighted by atomic mass is 10.2. The summed E-state index contributed by atoms with van der Waals surface area (Å²) in [5.74, 6) is 0.421. The molecule has 0 aliphatic carbocycles. The van der Waals surface area contributed by atoms with Crippen molar-refractivity contribution in [3.8, 4) is 5.75 Å². The van der Waals surface area contributed by atoms with Crippen LogP contribution in [0.2, 0.25) is 0 Å². The van der Waals surface area contributed by atoms with Gasteiger partial charge in [-0.15, -0.1) is 0 Å². The SMILES string of the molecule is CC(C)(C)S(=O)(=O)CCOc1c(Br)cc(C=O)cc1Br. The molecule has 4 nitrogen and oxygen atoms in total. The van der Waals surface area contributed by atoms with Crippen molar-refractivity contribution in [2.45, 2.75) is 25.5 Å². The van der Waals surface area contributed by atoms with Crippen LogP contribution >= 0.6 is 31.9 Å². The third-order valence-corrected chi connectivity index (χ3v) is 6.44. The number of carbonyl (C=O) groups is 1. The van der Waals surface area contributed by atoms with Crippen molar-refractivity contribution in [1.82, 2.24) is 0 Å². The monoisotopic (exact) mass is 426 g/mol. The van der Waals surface area contributed by atoms with Gasteiger partial charge in [-0.3, -0.25) is 4.79 Å². The Balaban J connectivity index is 2.80. The van der Waals surface area contributed by atoms with E-state index in [4.69, 9.17) is 4.74 Å². The van der Waals surface area contributed by atoms with Crippen LogP contribution in [-0.4, -0.2) is 31.8 Å². The number of hydrogen-bond acceptors (Lipinski definition) is 4. The van der Waals surface area contributed by atoms with Gasteiger partial charge in [-0.05, 0) is 64.8 Å². The molecule has 0 amide bonds. The van der Waals surface area contributed by atoms with Crippen molar-refractivity contribution in [1.29, 1.82) is 0 Å². The van der Waals surface area contributed by atoms with E-state index in [9.17, 15) is 13.2 Å². The quantitative estimate of drug-likeness (QED) is 0.673. The molecule has 20 heavy (non-hydrogen) atoms. The number of rotatable bonds is 5. The molecule has 1 aromatic rings. The molecule has 1 rings (SSSR count). The molecule has 0 bridgehead atoms. The fourth-order valence-electron chi connectivity index (χ4n) is 1.35. The molecule has 0 unspecified atom stereocenters. The maximum absolute atomic E-state index is 12.0. The Morgan fingerprint density at radius 1 is 1.20 bits per heavy atom. The summed E-state index contributed by atoms with van der Waals surface area (Å²) in [5.41, 5.74) is 0.499. The molecule has 1 aromatic carbocycles. The van der Waals surface area contributed by atoms with Gasteiger partial charge in [0.25, 0.3) is 0 Å². The van der Waals surface area contributed by atoms with Crippen LogP contribution in [0.5, 0.6) is 5.75 Å². The van der Waals surface area contributed by atoms with Gasteiger partial charge in [0.2, 0.25) is 0 Å². The molecule has 0 spiro atoms. The summed E-state index contributed by atoms with van der Waals surface area (Å²) in [5, 5.41) is 0. The molecule has 0 aliphatic rings. The van der Waals surface area contributed by atoms with Crippen LogP contribution < -0.4 is 4.74 Å². The van der Waals surface area contributed by atoms with Crippen LogP contribution in [0.4, 0.5) is 0 Å². The number of hydrogen-bond donors (Lipinski definition) is 0. The minimum Gasteiger partial charge on any atom is -0.490 e. The summed E-state index contributed by atoms with van der Waals surface area (Å²) < 4.78 is 29.8. The molecule has 0 N–H and O–H groups in total. The smallest absolute Gasteiger partial charge is 0.158 e. The van der Waals surface area contributed by atoms with Crippen molar-refractivity contribution in [2.24, 2.45) is 0 Å². The van der Waals surface area contributed by atoms with Crippen LogP contribution in [0, 0.1) is 0 Å². The minimum atomic E-state index is -3.22. The van der Waals surface area contributed by atoms with Crippen molar-refractivity contribution in [3.63, 3.8) is 0 Å². The average molecular weight is 428 g/mol. The minimum absolute atomic E-state index is 0.0528. The summed E-state index contributed by atoms with van der Waals surface area (Å²) in [7, 11) is -3.22. The Morgan fingerprint density at radius 3 is 2.10 bits per heavy atom. The Morgan fingerprint density at radius 2 is 1.70 bits per heavy atom. The van der Waals surface area contributed by atoms with Gasteiger partial charge in [0.15, 0.2) is 9.84 Å². The highest BCUT2D eigenvalue weighted by Gasteiger charge is 2.28. The normalized spacial score (nSPS) is 12.2. The molecule has 0 saturated carbocycles. The molecule has 0 fully saturated rings. The van der Waals surface area contributed by atoms with E-state index in [1.165, 1.54) is 0 Å². The Bertz CT molecular complexity index is 580. The summed E-state index contributed by atoms with van der Waals surface area (Å²) in [4.78, 5) is 10.7. The molecular formula is C13H16Br2O4S. The molecule has 0 heterocycles.